The number of amides is 1. The molecule has 6 nitrogen and oxygen atoms in total. The van der Waals surface area contributed by atoms with Crippen LogP contribution >= 0.6 is 0 Å². The van der Waals surface area contributed by atoms with Crippen molar-refractivity contribution in [3.63, 3.8) is 0 Å². The van der Waals surface area contributed by atoms with Crippen LogP contribution in [0, 0.1) is 0 Å². The first-order chi connectivity index (χ1) is 10.8. The van der Waals surface area contributed by atoms with E-state index in [2.05, 4.69) is 4.99 Å². The fourth-order valence-corrected chi connectivity index (χ4v) is 2.20. The van der Waals surface area contributed by atoms with E-state index in [1.807, 2.05) is 13.8 Å². The monoisotopic (exact) mass is 316 g/mol. The lowest BCUT2D eigenvalue weighted by Crippen LogP contribution is -2.21. The summed E-state index contributed by atoms with van der Waals surface area (Å²) in [6, 6.07) is 6.53. The lowest BCUT2D eigenvalue weighted by atomic mass is 9.97. The molecule has 0 unspecified atom stereocenters. The number of hydrogen-bond donors (Lipinski definition) is 1. The first kappa shape index (κ1) is 16.7. The summed E-state index contributed by atoms with van der Waals surface area (Å²) < 4.78 is 10.7. The number of carbonyl (C=O) groups is 2. The third-order valence-electron chi connectivity index (χ3n) is 3.70. The maximum Gasteiger partial charge on any atom is 0.338 e. The number of hydrogen-bond acceptors (Lipinski definition) is 5. The van der Waals surface area contributed by atoms with Crippen LogP contribution in [0.5, 0.6) is 0 Å². The van der Waals surface area contributed by atoms with Crippen LogP contribution in [0.1, 0.15) is 38.1 Å². The van der Waals surface area contributed by atoms with Gasteiger partial charge in [0.1, 0.15) is 11.2 Å². The van der Waals surface area contributed by atoms with Gasteiger partial charge >= 0.3 is 5.97 Å². The molecule has 0 atom stereocenters. The van der Waals surface area contributed by atoms with Crippen molar-refractivity contribution >= 4 is 23.5 Å². The van der Waals surface area contributed by atoms with E-state index in [-0.39, 0.29) is 5.90 Å². The topological polar surface area (TPSA) is 91.0 Å². The average molecular weight is 316 g/mol. The van der Waals surface area contributed by atoms with Gasteiger partial charge in [-0.15, -0.1) is 0 Å². The molecule has 1 aromatic rings. The molecule has 0 fully saturated rings. The van der Waals surface area contributed by atoms with Gasteiger partial charge in [-0.2, -0.15) is 0 Å². The second kappa shape index (κ2) is 6.24. The maximum atomic E-state index is 11.7. The van der Waals surface area contributed by atoms with Gasteiger partial charge in [0.25, 0.3) is 5.91 Å². The molecule has 0 bridgehead atoms. The normalized spacial score (nSPS) is 18.0. The SMILES string of the molecule is CCOC(=O)c1ccc(N=C2OC(C)(C)C(C)=C2C(N)=O)cc1. The molecule has 2 rings (SSSR count). The van der Waals surface area contributed by atoms with Crippen LogP contribution in [-0.4, -0.2) is 30.0 Å². The van der Waals surface area contributed by atoms with E-state index in [9.17, 15) is 9.59 Å². The molecular formula is C17H20N2O4. The van der Waals surface area contributed by atoms with Crippen molar-refractivity contribution in [2.24, 2.45) is 10.7 Å². The quantitative estimate of drug-likeness (QED) is 0.864. The largest absolute Gasteiger partial charge is 0.466 e. The lowest BCUT2D eigenvalue weighted by Gasteiger charge is -2.19. The van der Waals surface area contributed by atoms with Crippen LogP contribution in [0.3, 0.4) is 0 Å². The fourth-order valence-electron chi connectivity index (χ4n) is 2.20. The van der Waals surface area contributed by atoms with E-state index in [1.165, 1.54) is 0 Å². The zero-order valence-electron chi connectivity index (χ0n) is 13.7. The standard InChI is InChI=1S/C17H20N2O4/c1-5-22-16(21)11-6-8-12(9-7-11)19-15-13(14(18)20)10(2)17(3,4)23-15/h6-9H,5H2,1-4H3,(H2,18,20). The molecule has 1 aromatic carbocycles. The van der Waals surface area contributed by atoms with E-state index >= 15 is 0 Å². The van der Waals surface area contributed by atoms with Gasteiger partial charge in [-0.25, -0.2) is 9.79 Å². The Kier molecular flexibility index (Phi) is 4.54. The molecule has 0 radical (unpaired) electrons. The fraction of sp³-hybridized carbons (Fsp3) is 0.353. The van der Waals surface area contributed by atoms with Crippen molar-refractivity contribution in [3.05, 3.63) is 41.0 Å². The number of nitrogens with two attached hydrogens (primary N) is 1. The highest BCUT2D eigenvalue weighted by atomic mass is 16.5. The molecular weight excluding hydrogens is 296 g/mol. The molecule has 23 heavy (non-hydrogen) atoms. The summed E-state index contributed by atoms with van der Waals surface area (Å²) >= 11 is 0. The van der Waals surface area contributed by atoms with Crippen LogP contribution in [0.2, 0.25) is 0 Å². The average Bonchev–Trinajstić information content (AvgIpc) is 2.69. The zero-order chi connectivity index (χ0) is 17.2. The van der Waals surface area contributed by atoms with Crippen molar-refractivity contribution in [1.82, 2.24) is 0 Å². The molecule has 122 valence electrons. The summed E-state index contributed by atoms with van der Waals surface area (Å²) in [5, 5.41) is 0. The molecule has 0 saturated carbocycles. The number of ether oxygens (including phenoxy) is 2. The number of rotatable bonds is 4. The second-order valence-corrected chi connectivity index (χ2v) is 5.66. The van der Waals surface area contributed by atoms with E-state index in [1.54, 1.807) is 38.1 Å². The van der Waals surface area contributed by atoms with Crippen LogP contribution < -0.4 is 5.73 Å². The van der Waals surface area contributed by atoms with Crippen molar-refractivity contribution in [1.29, 1.82) is 0 Å². The molecule has 0 saturated heterocycles. The molecule has 6 heteroatoms. The first-order valence-corrected chi connectivity index (χ1v) is 7.32. The summed E-state index contributed by atoms with van der Waals surface area (Å²) in [7, 11) is 0. The molecule has 2 N–H and O–H groups in total. The lowest BCUT2D eigenvalue weighted by molar-refractivity contribution is -0.114. The van der Waals surface area contributed by atoms with Crippen LogP contribution in [0.25, 0.3) is 0 Å². The highest BCUT2D eigenvalue weighted by Crippen LogP contribution is 2.33. The van der Waals surface area contributed by atoms with Crippen molar-refractivity contribution in [2.75, 3.05) is 6.61 Å². The Balaban J connectivity index is 2.32. The number of aliphatic imine (C=N–C) groups is 1. The number of benzene rings is 1. The molecule has 0 aliphatic carbocycles. The van der Waals surface area contributed by atoms with Crippen molar-refractivity contribution in [2.45, 2.75) is 33.3 Å². The van der Waals surface area contributed by atoms with Gasteiger partial charge in [-0.3, -0.25) is 4.79 Å². The summed E-state index contributed by atoms with van der Waals surface area (Å²) in [5.74, 6) is -0.766. The van der Waals surface area contributed by atoms with Gasteiger partial charge < -0.3 is 15.2 Å². The van der Waals surface area contributed by atoms with Gasteiger partial charge in [0.2, 0.25) is 5.90 Å². The van der Waals surface area contributed by atoms with Crippen molar-refractivity contribution in [3.8, 4) is 0 Å². The van der Waals surface area contributed by atoms with Crippen LogP contribution in [0.4, 0.5) is 5.69 Å². The minimum Gasteiger partial charge on any atom is -0.466 e. The van der Waals surface area contributed by atoms with Crippen LogP contribution in [0.15, 0.2) is 40.4 Å². The Labute approximate surface area is 135 Å². The molecule has 0 spiro atoms. The second-order valence-electron chi connectivity index (χ2n) is 5.66. The van der Waals surface area contributed by atoms with Crippen LogP contribution in [-0.2, 0) is 14.3 Å². The number of nitrogens with zero attached hydrogens (tertiary/aromatic N) is 1. The van der Waals surface area contributed by atoms with Gasteiger partial charge in [0.15, 0.2) is 0 Å². The molecule has 1 heterocycles. The van der Waals surface area contributed by atoms with Gasteiger partial charge in [-0.05, 0) is 57.5 Å². The molecule has 0 aromatic heterocycles. The van der Waals surface area contributed by atoms with Gasteiger partial charge in [-0.1, -0.05) is 0 Å². The summed E-state index contributed by atoms with van der Waals surface area (Å²) in [6.07, 6.45) is 0. The Morgan fingerprint density at radius 1 is 1.26 bits per heavy atom. The van der Waals surface area contributed by atoms with E-state index in [4.69, 9.17) is 15.2 Å². The Morgan fingerprint density at radius 2 is 1.87 bits per heavy atom. The maximum absolute atomic E-state index is 11.7. The molecule has 1 aliphatic heterocycles. The third kappa shape index (κ3) is 3.41. The third-order valence-corrected chi connectivity index (χ3v) is 3.70. The summed E-state index contributed by atoms with van der Waals surface area (Å²) in [5.41, 5.74) is 6.83. The molecule has 1 aliphatic rings. The summed E-state index contributed by atoms with van der Waals surface area (Å²) in [6.45, 7) is 7.55. The van der Waals surface area contributed by atoms with E-state index < -0.39 is 17.5 Å². The van der Waals surface area contributed by atoms with Gasteiger partial charge in [0, 0.05) is 0 Å². The van der Waals surface area contributed by atoms with Crippen molar-refractivity contribution < 1.29 is 19.1 Å². The molecule has 1 amide bonds. The van der Waals surface area contributed by atoms with E-state index in [0.29, 0.717) is 23.4 Å². The Hall–Kier alpha value is -2.63. The predicted molar refractivity (Wildman–Crippen MR) is 86.6 cm³/mol. The number of primary amides is 1. The Bertz CT molecular complexity index is 700. The number of carbonyl (C=O) groups excluding carboxylic acids is 2. The zero-order valence-corrected chi connectivity index (χ0v) is 13.7. The first-order valence-electron chi connectivity index (χ1n) is 7.32. The van der Waals surface area contributed by atoms with E-state index in [0.717, 1.165) is 5.57 Å². The highest BCUT2D eigenvalue weighted by Gasteiger charge is 2.38. The predicted octanol–water partition coefficient (Wildman–Crippen LogP) is 2.50. The number of esters is 1. The summed E-state index contributed by atoms with van der Waals surface area (Å²) in [4.78, 5) is 27.6. The Morgan fingerprint density at radius 3 is 2.39 bits per heavy atom. The smallest absolute Gasteiger partial charge is 0.338 e. The van der Waals surface area contributed by atoms with Gasteiger partial charge in [0.05, 0.1) is 17.9 Å². The highest BCUT2D eigenvalue weighted by molar-refractivity contribution is 6.20. The minimum absolute atomic E-state index is 0.198. The minimum atomic E-state index is -0.631.